The first kappa shape index (κ1) is 14.3. The van der Waals surface area contributed by atoms with E-state index in [2.05, 4.69) is 10.4 Å². The van der Waals surface area contributed by atoms with Crippen molar-refractivity contribution in [3.63, 3.8) is 0 Å². The molecule has 0 spiro atoms. The summed E-state index contributed by atoms with van der Waals surface area (Å²) in [7, 11) is 1.61. The molecule has 0 saturated heterocycles. The van der Waals surface area contributed by atoms with E-state index in [0.29, 0.717) is 25.1 Å². The van der Waals surface area contributed by atoms with Crippen LogP contribution in [0.25, 0.3) is 0 Å². The zero-order valence-corrected chi connectivity index (χ0v) is 10.9. The normalized spacial score (nSPS) is 9.83. The van der Waals surface area contributed by atoms with Gasteiger partial charge in [0.15, 0.2) is 5.11 Å². The highest BCUT2D eigenvalue weighted by Gasteiger charge is 2.11. The topological polar surface area (TPSA) is 80.5 Å². The highest BCUT2D eigenvalue weighted by Crippen LogP contribution is 1.97. The number of rotatable bonds is 5. The van der Waals surface area contributed by atoms with E-state index in [0.717, 1.165) is 0 Å². The minimum absolute atomic E-state index is 0.114. The molecule has 3 N–H and O–H groups in total. The number of aromatic nitrogens is 1. The molecule has 1 aromatic heterocycles. The molecule has 0 aliphatic rings. The Morgan fingerprint density at radius 1 is 1.67 bits per heavy atom. The number of nitrogens with zero attached hydrogens (tertiary/aromatic N) is 2. The third-order valence-corrected chi connectivity index (χ3v) is 2.38. The van der Waals surface area contributed by atoms with E-state index in [1.807, 2.05) is 0 Å². The van der Waals surface area contributed by atoms with E-state index in [1.54, 1.807) is 25.4 Å². The molecule has 98 valence electrons. The standard InChI is InChI=1S/C11H16N4O2S/c1-17-7-3-6-15(11(12)18)14-10(16)9-4-2-5-13-8-9/h2,4-5,8H,3,6-7H2,1H3,(H2,12,18)(H,14,16). The highest BCUT2D eigenvalue weighted by atomic mass is 32.1. The Labute approximate surface area is 111 Å². The van der Waals surface area contributed by atoms with Crippen LogP contribution in [0.1, 0.15) is 16.8 Å². The minimum atomic E-state index is -0.298. The Hall–Kier alpha value is -1.73. The average molecular weight is 268 g/mol. The van der Waals surface area contributed by atoms with E-state index in [4.69, 9.17) is 22.7 Å². The van der Waals surface area contributed by atoms with Crippen LogP contribution in [0.4, 0.5) is 0 Å². The first-order valence-corrected chi connectivity index (χ1v) is 5.83. The number of methoxy groups -OCH3 is 1. The Balaban J connectivity index is 2.55. The van der Waals surface area contributed by atoms with Crippen LogP contribution in [0.3, 0.4) is 0 Å². The minimum Gasteiger partial charge on any atom is -0.385 e. The van der Waals surface area contributed by atoms with Crippen molar-refractivity contribution in [1.82, 2.24) is 15.4 Å². The fourth-order valence-electron chi connectivity index (χ4n) is 1.27. The lowest BCUT2D eigenvalue weighted by Crippen LogP contribution is -2.49. The largest absolute Gasteiger partial charge is 0.385 e. The molecule has 0 aromatic carbocycles. The van der Waals surface area contributed by atoms with Crippen molar-refractivity contribution >= 4 is 23.2 Å². The zero-order chi connectivity index (χ0) is 13.4. The summed E-state index contributed by atoms with van der Waals surface area (Å²) in [5, 5.41) is 1.53. The molecule has 6 nitrogen and oxygen atoms in total. The molecule has 0 unspecified atom stereocenters. The number of nitrogens with two attached hydrogens (primary N) is 1. The van der Waals surface area contributed by atoms with Crippen LogP contribution in [0.5, 0.6) is 0 Å². The van der Waals surface area contributed by atoms with E-state index in [1.165, 1.54) is 11.2 Å². The maximum absolute atomic E-state index is 11.9. The number of hydrogen-bond donors (Lipinski definition) is 2. The lowest BCUT2D eigenvalue weighted by atomic mass is 10.3. The second kappa shape index (κ2) is 7.57. The van der Waals surface area contributed by atoms with E-state index in [-0.39, 0.29) is 11.0 Å². The van der Waals surface area contributed by atoms with E-state index >= 15 is 0 Å². The van der Waals surface area contributed by atoms with E-state index < -0.39 is 0 Å². The molecule has 1 rings (SSSR count). The molecule has 0 saturated carbocycles. The predicted octanol–water partition coefficient (Wildman–Crippen LogP) is 0.308. The van der Waals surface area contributed by atoms with Crippen molar-refractivity contribution in [2.75, 3.05) is 20.3 Å². The van der Waals surface area contributed by atoms with E-state index in [9.17, 15) is 4.79 Å². The molecular formula is C11H16N4O2S. The Morgan fingerprint density at radius 2 is 2.44 bits per heavy atom. The first-order valence-electron chi connectivity index (χ1n) is 5.42. The van der Waals surface area contributed by atoms with Gasteiger partial charge in [0.2, 0.25) is 0 Å². The number of carbonyl (C=O) groups excluding carboxylic acids is 1. The molecule has 0 aliphatic heterocycles. The molecule has 1 heterocycles. The molecule has 1 amide bonds. The van der Waals surface area contributed by atoms with Crippen molar-refractivity contribution in [2.45, 2.75) is 6.42 Å². The van der Waals surface area contributed by atoms with Crippen LogP contribution in [-0.2, 0) is 4.74 Å². The lowest BCUT2D eigenvalue weighted by Gasteiger charge is -2.23. The van der Waals surface area contributed by atoms with Gasteiger partial charge in [-0.05, 0) is 30.8 Å². The molecule has 0 bridgehead atoms. The van der Waals surface area contributed by atoms with Crippen LogP contribution in [0.15, 0.2) is 24.5 Å². The number of hydrogen-bond acceptors (Lipinski definition) is 4. The van der Waals surface area contributed by atoms with Gasteiger partial charge in [0.05, 0.1) is 5.56 Å². The summed E-state index contributed by atoms with van der Waals surface area (Å²) in [4.78, 5) is 15.7. The zero-order valence-electron chi connectivity index (χ0n) is 10.1. The van der Waals surface area contributed by atoms with Crippen molar-refractivity contribution in [1.29, 1.82) is 0 Å². The Morgan fingerprint density at radius 3 is 3.00 bits per heavy atom. The van der Waals surface area contributed by atoms with Gasteiger partial charge in [0.1, 0.15) is 0 Å². The van der Waals surface area contributed by atoms with Gasteiger partial charge >= 0.3 is 0 Å². The summed E-state index contributed by atoms with van der Waals surface area (Å²) in [6.07, 6.45) is 3.78. The number of amides is 1. The summed E-state index contributed by atoms with van der Waals surface area (Å²) in [6.45, 7) is 1.07. The second-order valence-corrected chi connectivity index (χ2v) is 3.94. The molecule has 0 atom stereocenters. The van der Waals surface area contributed by atoms with Crippen LogP contribution in [-0.4, -0.2) is 41.3 Å². The van der Waals surface area contributed by atoms with Crippen molar-refractivity contribution < 1.29 is 9.53 Å². The summed E-state index contributed by atoms with van der Waals surface area (Å²) in [5.74, 6) is -0.298. The third-order valence-electron chi connectivity index (χ3n) is 2.16. The Bertz CT molecular complexity index is 399. The summed E-state index contributed by atoms with van der Waals surface area (Å²) in [6, 6.07) is 3.35. The molecule has 0 aliphatic carbocycles. The van der Waals surface area contributed by atoms with Gasteiger partial charge in [-0.1, -0.05) is 0 Å². The van der Waals surface area contributed by atoms with Crippen LogP contribution < -0.4 is 11.2 Å². The quantitative estimate of drug-likeness (QED) is 0.454. The predicted molar refractivity (Wildman–Crippen MR) is 71.7 cm³/mol. The number of pyridine rings is 1. The highest BCUT2D eigenvalue weighted by molar-refractivity contribution is 7.80. The van der Waals surface area contributed by atoms with Crippen LogP contribution in [0.2, 0.25) is 0 Å². The molecule has 18 heavy (non-hydrogen) atoms. The van der Waals surface area contributed by atoms with Gasteiger partial charge in [0, 0.05) is 32.7 Å². The van der Waals surface area contributed by atoms with Crippen molar-refractivity contribution in [3.8, 4) is 0 Å². The number of thiocarbonyl (C=S) groups is 1. The lowest BCUT2D eigenvalue weighted by molar-refractivity contribution is 0.0860. The number of carbonyl (C=O) groups is 1. The van der Waals surface area contributed by atoms with Gasteiger partial charge in [-0.25, -0.2) is 0 Å². The van der Waals surface area contributed by atoms with Crippen molar-refractivity contribution in [2.24, 2.45) is 5.73 Å². The van der Waals surface area contributed by atoms with Gasteiger partial charge in [-0.2, -0.15) is 0 Å². The van der Waals surface area contributed by atoms with Crippen molar-refractivity contribution in [3.05, 3.63) is 30.1 Å². The maximum Gasteiger partial charge on any atom is 0.271 e. The SMILES string of the molecule is COCCCN(NC(=O)c1cccnc1)C(N)=S. The van der Waals surface area contributed by atoms with Gasteiger partial charge < -0.3 is 10.5 Å². The Kier molecular flexibility index (Phi) is 6.03. The first-order chi connectivity index (χ1) is 8.65. The van der Waals surface area contributed by atoms with Gasteiger partial charge in [-0.15, -0.1) is 0 Å². The van der Waals surface area contributed by atoms with Crippen LogP contribution in [0, 0.1) is 0 Å². The summed E-state index contributed by atoms with van der Waals surface area (Å²) in [5.41, 5.74) is 8.61. The van der Waals surface area contributed by atoms with Gasteiger partial charge in [-0.3, -0.25) is 20.2 Å². The molecule has 0 radical (unpaired) electrons. The van der Waals surface area contributed by atoms with Crippen LogP contribution >= 0.6 is 12.2 Å². The average Bonchev–Trinajstić information content (AvgIpc) is 2.38. The second-order valence-electron chi connectivity index (χ2n) is 3.52. The summed E-state index contributed by atoms with van der Waals surface area (Å²) >= 11 is 4.87. The van der Waals surface area contributed by atoms with Gasteiger partial charge in [0.25, 0.3) is 5.91 Å². The smallest absolute Gasteiger partial charge is 0.271 e. The number of nitrogens with one attached hydrogen (secondary N) is 1. The monoisotopic (exact) mass is 268 g/mol. The molecule has 7 heteroatoms. The summed E-state index contributed by atoms with van der Waals surface area (Å²) < 4.78 is 4.93. The fourth-order valence-corrected chi connectivity index (χ4v) is 1.41. The fraction of sp³-hybridized carbons (Fsp3) is 0.364. The third kappa shape index (κ3) is 4.64. The number of hydrazine groups is 1. The molecule has 1 aromatic rings. The molecule has 0 fully saturated rings. The molecular weight excluding hydrogens is 252 g/mol. The number of ether oxygens (including phenoxy) is 1. The maximum atomic E-state index is 11.9.